The van der Waals surface area contributed by atoms with Crippen molar-refractivity contribution in [3.8, 4) is 11.4 Å². The van der Waals surface area contributed by atoms with Crippen LogP contribution >= 0.6 is 0 Å². The lowest BCUT2D eigenvalue weighted by Gasteiger charge is -2.10. The second-order valence-electron chi connectivity index (χ2n) is 7.67. The first-order valence-corrected chi connectivity index (χ1v) is 10.7. The number of nitrogens with one attached hydrogen (secondary N) is 3. The van der Waals surface area contributed by atoms with Gasteiger partial charge >= 0.3 is 6.03 Å². The molecule has 0 radical (unpaired) electrons. The van der Waals surface area contributed by atoms with E-state index in [9.17, 15) is 9.59 Å². The van der Waals surface area contributed by atoms with Crippen LogP contribution in [-0.4, -0.2) is 28.6 Å². The van der Waals surface area contributed by atoms with E-state index in [1.165, 1.54) is 0 Å². The van der Waals surface area contributed by atoms with Gasteiger partial charge in [0, 0.05) is 24.1 Å². The van der Waals surface area contributed by atoms with E-state index in [4.69, 9.17) is 4.74 Å². The SMILES string of the molecule is COc1ccc(C)cc1-n1cnc(C(=O)NCc2cccc(NC(=O)Nc3ccccc3)c2)c1. The molecule has 34 heavy (non-hydrogen) atoms. The van der Waals surface area contributed by atoms with Crippen molar-refractivity contribution in [3.63, 3.8) is 0 Å². The molecule has 0 fully saturated rings. The summed E-state index contributed by atoms with van der Waals surface area (Å²) >= 11 is 0. The largest absolute Gasteiger partial charge is 0.495 e. The number of amides is 3. The fourth-order valence-corrected chi connectivity index (χ4v) is 3.42. The monoisotopic (exact) mass is 455 g/mol. The molecule has 3 N–H and O–H groups in total. The highest BCUT2D eigenvalue weighted by atomic mass is 16.5. The summed E-state index contributed by atoms with van der Waals surface area (Å²) in [6.45, 7) is 2.27. The lowest BCUT2D eigenvalue weighted by Crippen LogP contribution is -2.23. The van der Waals surface area contributed by atoms with Crippen LogP contribution in [0.25, 0.3) is 5.69 Å². The number of carbonyl (C=O) groups excluding carboxylic acids is 2. The molecule has 4 aromatic rings. The first-order valence-electron chi connectivity index (χ1n) is 10.7. The number of aromatic nitrogens is 2. The van der Waals surface area contributed by atoms with E-state index < -0.39 is 0 Å². The molecule has 8 heteroatoms. The molecular weight excluding hydrogens is 430 g/mol. The van der Waals surface area contributed by atoms with Gasteiger partial charge in [-0.3, -0.25) is 4.79 Å². The fourth-order valence-electron chi connectivity index (χ4n) is 3.42. The number of rotatable bonds is 7. The molecule has 4 rings (SSSR count). The Labute approximate surface area is 197 Å². The minimum Gasteiger partial charge on any atom is -0.495 e. The van der Waals surface area contributed by atoms with Gasteiger partial charge in [-0.15, -0.1) is 0 Å². The van der Waals surface area contributed by atoms with E-state index in [-0.39, 0.29) is 18.5 Å². The first kappa shape index (κ1) is 22.6. The van der Waals surface area contributed by atoms with Crippen molar-refractivity contribution >= 4 is 23.3 Å². The number of hydrogen-bond donors (Lipinski definition) is 3. The number of anilines is 2. The zero-order valence-electron chi connectivity index (χ0n) is 18.9. The molecule has 8 nitrogen and oxygen atoms in total. The third-order valence-electron chi connectivity index (χ3n) is 5.10. The fraction of sp³-hybridized carbons (Fsp3) is 0.115. The number of imidazole rings is 1. The van der Waals surface area contributed by atoms with Crippen LogP contribution in [0.5, 0.6) is 5.75 Å². The summed E-state index contributed by atoms with van der Waals surface area (Å²) in [6, 6.07) is 21.9. The summed E-state index contributed by atoms with van der Waals surface area (Å²) in [4.78, 5) is 29.1. The van der Waals surface area contributed by atoms with Gasteiger partial charge in [-0.2, -0.15) is 0 Å². The van der Waals surface area contributed by atoms with Crippen LogP contribution in [0.4, 0.5) is 16.2 Å². The van der Waals surface area contributed by atoms with Crippen molar-refractivity contribution < 1.29 is 14.3 Å². The number of aryl methyl sites for hydroxylation is 1. The highest BCUT2D eigenvalue weighted by Crippen LogP contribution is 2.24. The normalized spacial score (nSPS) is 10.4. The first-order chi connectivity index (χ1) is 16.5. The molecule has 172 valence electrons. The van der Waals surface area contributed by atoms with Gasteiger partial charge < -0.3 is 25.3 Å². The van der Waals surface area contributed by atoms with Crippen LogP contribution in [-0.2, 0) is 6.54 Å². The number of para-hydroxylation sites is 1. The lowest BCUT2D eigenvalue weighted by molar-refractivity contribution is 0.0946. The maximum Gasteiger partial charge on any atom is 0.323 e. The van der Waals surface area contributed by atoms with Gasteiger partial charge in [-0.1, -0.05) is 36.4 Å². The van der Waals surface area contributed by atoms with Crippen molar-refractivity contribution in [2.75, 3.05) is 17.7 Å². The van der Waals surface area contributed by atoms with Crippen molar-refractivity contribution in [2.24, 2.45) is 0 Å². The molecule has 1 heterocycles. The van der Waals surface area contributed by atoms with Crippen molar-refractivity contribution in [3.05, 3.63) is 102 Å². The summed E-state index contributed by atoms with van der Waals surface area (Å²) < 4.78 is 7.18. The number of carbonyl (C=O) groups is 2. The third-order valence-corrected chi connectivity index (χ3v) is 5.10. The second kappa shape index (κ2) is 10.4. The van der Waals surface area contributed by atoms with Crippen LogP contribution in [0.3, 0.4) is 0 Å². The zero-order valence-corrected chi connectivity index (χ0v) is 18.9. The van der Waals surface area contributed by atoms with Crippen LogP contribution < -0.4 is 20.7 Å². The molecule has 0 aliphatic carbocycles. The zero-order chi connectivity index (χ0) is 23.9. The standard InChI is InChI=1S/C26H25N5O3/c1-18-11-12-24(34-2)23(13-18)31-16-22(28-17-31)25(32)27-15-19-7-6-10-21(14-19)30-26(33)29-20-8-4-3-5-9-20/h3-14,16-17H,15H2,1-2H3,(H,27,32)(H2,29,30,33). The average molecular weight is 456 g/mol. The molecular formula is C26H25N5O3. The third kappa shape index (κ3) is 5.60. The van der Waals surface area contributed by atoms with E-state index >= 15 is 0 Å². The number of nitrogens with zero attached hydrogens (tertiary/aromatic N) is 2. The van der Waals surface area contributed by atoms with Crippen LogP contribution in [0.1, 0.15) is 21.6 Å². The molecule has 3 aromatic carbocycles. The Morgan fingerprint density at radius 3 is 2.50 bits per heavy atom. The molecule has 0 saturated carbocycles. The summed E-state index contributed by atoms with van der Waals surface area (Å²) in [6.07, 6.45) is 3.25. The van der Waals surface area contributed by atoms with Gasteiger partial charge in [0.15, 0.2) is 0 Å². The van der Waals surface area contributed by atoms with E-state index in [2.05, 4.69) is 20.9 Å². The van der Waals surface area contributed by atoms with Gasteiger partial charge in [0.1, 0.15) is 17.8 Å². The molecule has 0 spiro atoms. The van der Waals surface area contributed by atoms with Gasteiger partial charge in [0.05, 0.1) is 12.8 Å². The number of urea groups is 1. The molecule has 1 aromatic heterocycles. The number of methoxy groups -OCH3 is 1. The molecule has 0 bridgehead atoms. The van der Waals surface area contributed by atoms with E-state index in [0.717, 1.165) is 16.8 Å². The second-order valence-corrected chi connectivity index (χ2v) is 7.67. The summed E-state index contributed by atoms with van der Waals surface area (Å²) in [7, 11) is 1.60. The van der Waals surface area contributed by atoms with Gasteiger partial charge in [0.25, 0.3) is 5.91 Å². The maximum absolute atomic E-state index is 12.7. The lowest BCUT2D eigenvalue weighted by atomic mass is 10.2. The summed E-state index contributed by atoms with van der Waals surface area (Å²) in [5, 5.41) is 8.43. The molecule has 3 amide bonds. The van der Waals surface area contributed by atoms with Crippen molar-refractivity contribution in [1.29, 1.82) is 0 Å². The Morgan fingerprint density at radius 2 is 1.71 bits per heavy atom. The van der Waals surface area contributed by atoms with E-state index in [1.54, 1.807) is 36.3 Å². The number of ether oxygens (including phenoxy) is 1. The minimum atomic E-state index is -0.343. The summed E-state index contributed by atoms with van der Waals surface area (Å²) in [5.74, 6) is 0.390. The van der Waals surface area contributed by atoms with Crippen LogP contribution in [0, 0.1) is 6.92 Å². The average Bonchev–Trinajstić information content (AvgIpc) is 3.34. The maximum atomic E-state index is 12.7. The van der Waals surface area contributed by atoms with Gasteiger partial charge in [-0.05, 0) is 54.4 Å². The molecule has 0 aliphatic heterocycles. The number of benzene rings is 3. The van der Waals surface area contributed by atoms with Crippen LogP contribution in [0.15, 0.2) is 85.3 Å². The van der Waals surface area contributed by atoms with Gasteiger partial charge in [0.2, 0.25) is 0 Å². The van der Waals surface area contributed by atoms with Gasteiger partial charge in [-0.25, -0.2) is 9.78 Å². The van der Waals surface area contributed by atoms with Crippen LogP contribution in [0.2, 0.25) is 0 Å². The topological polar surface area (TPSA) is 97.3 Å². The molecule has 0 saturated heterocycles. The van der Waals surface area contributed by atoms with E-state index in [0.29, 0.717) is 22.8 Å². The van der Waals surface area contributed by atoms with Crippen molar-refractivity contribution in [2.45, 2.75) is 13.5 Å². The minimum absolute atomic E-state index is 0.287. The number of hydrogen-bond acceptors (Lipinski definition) is 4. The van der Waals surface area contributed by atoms with E-state index in [1.807, 2.05) is 67.6 Å². The molecule has 0 atom stereocenters. The predicted octanol–water partition coefficient (Wildman–Crippen LogP) is 4.76. The Morgan fingerprint density at radius 1 is 0.941 bits per heavy atom. The highest BCUT2D eigenvalue weighted by molar-refractivity contribution is 5.99. The Bertz CT molecular complexity index is 1300. The quantitative estimate of drug-likeness (QED) is 0.374. The Balaban J connectivity index is 1.37. The van der Waals surface area contributed by atoms with Crippen molar-refractivity contribution in [1.82, 2.24) is 14.9 Å². The smallest absolute Gasteiger partial charge is 0.323 e. The Hall–Kier alpha value is -4.59. The highest BCUT2D eigenvalue weighted by Gasteiger charge is 2.13. The molecule has 0 aliphatic rings. The summed E-state index contributed by atoms with van der Waals surface area (Å²) in [5.41, 5.74) is 4.33. The molecule has 0 unspecified atom stereocenters. The predicted molar refractivity (Wildman–Crippen MR) is 132 cm³/mol. The Kier molecular flexibility index (Phi) is 6.88.